The summed E-state index contributed by atoms with van der Waals surface area (Å²) in [6.45, 7) is -0.359. The molecule has 2 saturated carbocycles. The first-order valence-electron chi connectivity index (χ1n) is 8.27. The van der Waals surface area contributed by atoms with Gasteiger partial charge in [0.05, 0.1) is 12.6 Å². The Kier molecular flexibility index (Phi) is 3.78. The number of amides is 1. The highest BCUT2D eigenvalue weighted by Crippen LogP contribution is 2.59. The molecule has 10 heteroatoms. The largest absolute Gasteiger partial charge is 0.510 e. The van der Waals surface area contributed by atoms with Crippen LogP contribution in [0.1, 0.15) is 29.8 Å². The standard InChI is InChI=1S/C16H18FN3O6/c1-24-15(23)26-8-25-13-11(21)3-5-20-12(13)14(22)19(7-18-20)16-4-2-9(16)10(17)6-16/h3,5,9-10,18H,2,4,6-8H2,1H3. The number of nitrogens with zero attached hydrogens (tertiary/aromatic N) is 2. The smallest absolute Gasteiger partial charge is 0.451 e. The Labute approximate surface area is 147 Å². The van der Waals surface area contributed by atoms with Crippen LogP contribution in [-0.2, 0) is 9.47 Å². The second kappa shape index (κ2) is 5.89. The Balaban J connectivity index is 1.61. The summed E-state index contributed by atoms with van der Waals surface area (Å²) in [4.78, 5) is 37.8. The van der Waals surface area contributed by atoms with Gasteiger partial charge in [0.2, 0.25) is 18.0 Å². The molecule has 0 spiro atoms. The zero-order valence-corrected chi connectivity index (χ0v) is 14.1. The van der Waals surface area contributed by atoms with Crippen molar-refractivity contribution in [2.45, 2.75) is 31.0 Å². The number of carbonyl (C=O) groups is 2. The second-order valence-corrected chi connectivity index (χ2v) is 6.61. The first kappa shape index (κ1) is 16.7. The first-order valence-corrected chi connectivity index (χ1v) is 8.27. The Morgan fingerprint density at radius 1 is 1.46 bits per heavy atom. The molecule has 3 atom stereocenters. The summed E-state index contributed by atoms with van der Waals surface area (Å²) in [5.41, 5.74) is 2.00. The molecule has 3 unspecified atom stereocenters. The van der Waals surface area contributed by atoms with Crippen LogP contribution in [0.3, 0.4) is 0 Å². The van der Waals surface area contributed by atoms with E-state index in [0.29, 0.717) is 6.42 Å². The summed E-state index contributed by atoms with van der Waals surface area (Å²) in [7, 11) is 1.14. The zero-order valence-electron chi connectivity index (χ0n) is 14.1. The number of nitrogens with one attached hydrogen (secondary N) is 1. The molecule has 1 N–H and O–H groups in total. The quantitative estimate of drug-likeness (QED) is 0.621. The number of halogens is 1. The van der Waals surface area contributed by atoms with Crippen molar-refractivity contribution in [3.05, 3.63) is 28.2 Å². The highest BCUT2D eigenvalue weighted by atomic mass is 19.1. The van der Waals surface area contributed by atoms with Gasteiger partial charge in [-0.05, 0) is 12.8 Å². The summed E-state index contributed by atoms with van der Waals surface area (Å²) < 4.78 is 29.3. The van der Waals surface area contributed by atoms with E-state index in [1.165, 1.54) is 16.9 Å². The number of pyridine rings is 1. The van der Waals surface area contributed by atoms with Gasteiger partial charge in [0.1, 0.15) is 12.8 Å². The molecule has 2 heterocycles. The Morgan fingerprint density at radius 3 is 2.88 bits per heavy atom. The van der Waals surface area contributed by atoms with E-state index >= 15 is 0 Å². The van der Waals surface area contributed by atoms with E-state index in [9.17, 15) is 18.8 Å². The molecule has 1 aromatic heterocycles. The molecule has 26 heavy (non-hydrogen) atoms. The Hall–Kier alpha value is -2.78. The lowest BCUT2D eigenvalue weighted by Crippen LogP contribution is -2.74. The number of fused-ring (bicyclic) bond motifs is 2. The second-order valence-electron chi connectivity index (χ2n) is 6.61. The maximum Gasteiger partial charge on any atom is 0.510 e. The lowest BCUT2D eigenvalue weighted by Gasteiger charge is -2.65. The predicted molar refractivity (Wildman–Crippen MR) is 85.1 cm³/mol. The van der Waals surface area contributed by atoms with Crippen LogP contribution in [0, 0.1) is 5.92 Å². The van der Waals surface area contributed by atoms with Gasteiger partial charge in [0.15, 0.2) is 5.69 Å². The normalized spacial score (nSPS) is 28.7. The van der Waals surface area contributed by atoms with Crippen molar-refractivity contribution in [3.63, 3.8) is 0 Å². The summed E-state index contributed by atoms with van der Waals surface area (Å²) in [5, 5.41) is 0. The number of alkyl halides is 1. The third kappa shape index (κ3) is 2.24. The van der Waals surface area contributed by atoms with Crippen molar-refractivity contribution >= 4 is 12.1 Å². The maximum absolute atomic E-state index is 13.8. The molecule has 0 saturated heterocycles. The van der Waals surface area contributed by atoms with E-state index in [2.05, 4.69) is 14.9 Å². The summed E-state index contributed by atoms with van der Waals surface area (Å²) >= 11 is 0. The van der Waals surface area contributed by atoms with Crippen LogP contribution >= 0.6 is 0 Å². The van der Waals surface area contributed by atoms with Gasteiger partial charge in [0, 0.05) is 24.6 Å². The predicted octanol–water partition coefficient (Wildman–Crippen LogP) is 0.815. The average molecular weight is 367 g/mol. The lowest BCUT2D eigenvalue weighted by molar-refractivity contribution is -0.153. The molecular weight excluding hydrogens is 349 g/mol. The molecule has 1 aromatic rings. The molecule has 2 fully saturated rings. The van der Waals surface area contributed by atoms with Gasteiger partial charge in [-0.15, -0.1) is 0 Å². The van der Waals surface area contributed by atoms with E-state index in [1.807, 2.05) is 0 Å². The van der Waals surface area contributed by atoms with Gasteiger partial charge >= 0.3 is 6.16 Å². The number of methoxy groups -OCH3 is 1. The summed E-state index contributed by atoms with van der Waals surface area (Å²) in [5.74, 6) is -0.796. The highest BCUT2D eigenvalue weighted by molar-refractivity contribution is 5.97. The fraction of sp³-hybridized carbons (Fsp3) is 0.562. The first-order chi connectivity index (χ1) is 12.5. The number of aromatic nitrogens is 1. The summed E-state index contributed by atoms with van der Waals surface area (Å²) in [6, 6.07) is 1.23. The van der Waals surface area contributed by atoms with Crippen LogP contribution in [0.2, 0.25) is 0 Å². The van der Waals surface area contributed by atoms with Crippen LogP contribution in [0.4, 0.5) is 9.18 Å². The van der Waals surface area contributed by atoms with Crippen molar-refractivity contribution in [2.75, 3.05) is 26.0 Å². The van der Waals surface area contributed by atoms with Gasteiger partial charge < -0.3 is 24.5 Å². The van der Waals surface area contributed by atoms with Crippen molar-refractivity contribution < 1.29 is 28.2 Å². The van der Waals surface area contributed by atoms with Gasteiger partial charge in [-0.3, -0.25) is 14.3 Å². The minimum absolute atomic E-state index is 0.000418. The van der Waals surface area contributed by atoms with Crippen LogP contribution in [0.25, 0.3) is 0 Å². The summed E-state index contributed by atoms with van der Waals surface area (Å²) in [6.07, 6.45) is 1.37. The third-order valence-corrected chi connectivity index (χ3v) is 5.55. The minimum Gasteiger partial charge on any atom is -0.451 e. The van der Waals surface area contributed by atoms with Crippen molar-refractivity contribution in [3.8, 4) is 5.75 Å². The van der Waals surface area contributed by atoms with Crippen LogP contribution < -0.4 is 15.6 Å². The third-order valence-electron chi connectivity index (χ3n) is 5.55. The molecule has 4 rings (SSSR count). The van der Waals surface area contributed by atoms with Crippen LogP contribution in [0.15, 0.2) is 17.1 Å². The Morgan fingerprint density at radius 2 is 2.27 bits per heavy atom. The van der Waals surface area contributed by atoms with Crippen molar-refractivity contribution in [2.24, 2.45) is 5.92 Å². The number of rotatable bonds is 4. The fourth-order valence-corrected chi connectivity index (χ4v) is 4.07. The Bertz CT molecular complexity index is 827. The van der Waals surface area contributed by atoms with Gasteiger partial charge in [-0.1, -0.05) is 0 Å². The molecule has 0 bridgehead atoms. The molecule has 0 aromatic carbocycles. The zero-order chi connectivity index (χ0) is 18.5. The van der Waals surface area contributed by atoms with Crippen LogP contribution in [0.5, 0.6) is 5.75 Å². The van der Waals surface area contributed by atoms with Gasteiger partial charge in [0.25, 0.3) is 5.91 Å². The van der Waals surface area contributed by atoms with Crippen molar-refractivity contribution in [1.82, 2.24) is 9.58 Å². The van der Waals surface area contributed by atoms with Gasteiger partial charge in [-0.25, -0.2) is 9.18 Å². The fourth-order valence-electron chi connectivity index (χ4n) is 4.07. The molecule has 2 aliphatic carbocycles. The highest BCUT2D eigenvalue weighted by Gasteiger charge is 2.65. The number of carbonyl (C=O) groups excluding carboxylic acids is 2. The number of hydrogen-bond donors (Lipinski definition) is 1. The van der Waals surface area contributed by atoms with E-state index in [0.717, 1.165) is 20.0 Å². The maximum atomic E-state index is 13.8. The molecule has 140 valence electrons. The van der Waals surface area contributed by atoms with Crippen LogP contribution in [-0.4, -0.2) is 53.9 Å². The average Bonchev–Trinajstić information content (AvgIpc) is 2.61. The monoisotopic (exact) mass is 367 g/mol. The molecule has 1 amide bonds. The molecule has 9 nitrogen and oxygen atoms in total. The van der Waals surface area contributed by atoms with Gasteiger partial charge in [-0.2, -0.15) is 0 Å². The molecular formula is C16H18FN3O6. The molecule has 0 radical (unpaired) electrons. The lowest BCUT2D eigenvalue weighted by atomic mass is 9.51. The van der Waals surface area contributed by atoms with E-state index in [1.54, 1.807) is 4.90 Å². The number of ether oxygens (including phenoxy) is 3. The molecule has 1 aliphatic heterocycles. The van der Waals surface area contributed by atoms with E-state index in [-0.39, 0.29) is 24.0 Å². The van der Waals surface area contributed by atoms with E-state index < -0.39 is 36.0 Å². The molecule has 3 aliphatic rings. The topological polar surface area (TPSA) is 99.1 Å². The van der Waals surface area contributed by atoms with E-state index in [4.69, 9.17) is 4.74 Å². The minimum atomic E-state index is -0.972. The number of hydrogen-bond acceptors (Lipinski definition) is 7. The SMILES string of the molecule is COC(=O)OCOc1c2n(ccc1=O)NCN(C13CCC1C(F)C3)C2=O. The van der Waals surface area contributed by atoms with Crippen molar-refractivity contribution in [1.29, 1.82) is 0 Å².